The predicted octanol–water partition coefficient (Wildman–Crippen LogP) is 14.0. The number of benzene rings is 6. The van der Waals surface area contributed by atoms with E-state index in [1.807, 2.05) is 0 Å². The van der Waals surface area contributed by atoms with Gasteiger partial charge >= 0.3 is 0 Å². The maximum Gasteiger partial charge on any atom is 0.252 e. The quantitative estimate of drug-likeness (QED) is 0.164. The largest absolute Gasteiger partial charge is 0.335 e. The van der Waals surface area contributed by atoms with Gasteiger partial charge in [0.2, 0.25) is 0 Å². The van der Waals surface area contributed by atoms with Gasteiger partial charge in [-0.05, 0) is 156 Å². The van der Waals surface area contributed by atoms with Gasteiger partial charge in [0.15, 0.2) is 0 Å². The lowest BCUT2D eigenvalue weighted by Gasteiger charge is -2.54. The van der Waals surface area contributed by atoms with Gasteiger partial charge in [-0.2, -0.15) is 0 Å². The van der Waals surface area contributed by atoms with E-state index in [-0.39, 0.29) is 39.5 Å². The second kappa shape index (κ2) is 13.5. The van der Waals surface area contributed by atoms with Crippen molar-refractivity contribution in [3.63, 3.8) is 0 Å². The molecule has 4 heterocycles. The maximum absolute atomic E-state index is 2.95. The second-order valence-electron chi connectivity index (χ2n) is 23.9. The summed E-state index contributed by atoms with van der Waals surface area (Å²) in [6.45, 7) is 26.9. The van der Waals surface area contributed by atoms with E-state index in [9.17, 15) is 0 Å². The first-order chi connectivity index (χ1) is 30.9. The molecule has 6 aromatic carbocycles. The van der Waals surface area contributed by atoms with E-state index in [0.717, 1.165) is 12.8 Å². The van der Waals surface area contributed by atoms with E-state index >= 15 is 0 Å². The van der Waals surface area contributed by atoms with E-state index in [4.69, 9.17) is 0 Å². The molecule has 0 N–H and O–H groups in total. The van der Waals surface area contributed by atoms with Crippen LogP contribution in [-0.2, 0) is 21.7 Å². The van der Waals surface area contributed by atoms with Crippen molar-refractivity contribution in [3.8, 4) is 0 Å². The van der Waals surface area contributed by atoms with Crippen molar-refractivity contribution in [1.29, 1.82) is 0 Å². The summed E-state index contributed by atoms with van der Waals surface area (Å²) in [5.41, 5.74) is 23.6. The van der Waals surface area contributed by atoms with E-state index in [2.05, 4.69) is 206 Å². The zero-order chi connectivity index (χ0) is 45.2. The summed E-state index contributed by atoms with van der Waals surface area (Å²) in [4.78, 5) is 8.53. The van der Waals surface area contributed by atoms with Crippen LogP contribution >= 0.6 is 0 Å². The third-order valence-corrected chi connectivity index (χ3v) is 18.3. The summed E-state index contributed by atoms with van der Waals surface area (Å²) >= 11 is 0. The van der Waals surface area contributed by atoms with Crippen LogP contribution in [0.15, 0.2) is 115 Å². The molecular formula is C61H68BN3. The Kier molecular flexibility index (Phi) is 8.53. The Morgan fingerprint density at radius 3 is 1.95 bits per heavy atom. The third kappa shape index (κ3) is 5.26. The molecule has 0 aromatic heterocycles. The van der Waals surface area contributed by atoms with E-state index in [0.29, 0.717) is 0 Å². The Hall–Kier alpha value is -5.22. The average molecular weight is 854 g/mol. The lowest BCUT2D eigenvalue weighted by atomic mass is 9.33. The second-order valence-corrected chi connectivity index (χ2v) is 23.9. The van der Waals surface area contributed by atoms with Gasteiger partial charge in [0.1, 0.15) is 0 Å². The van der Waals surface area contributed by atoms with Crippen LogP contribution < -0.4 is 31.1 Å². The molecule has 0 bridgehead atoms. The van der Waals surface area contributed by atoms with Crippen molar-refractivity contribution in [2.75, 3.05) is 14.7 Å². The average Bonchev–Trinajstić information content (AvgIpc) is 3.64. The van der Waals surface area contributed by atoms with Gasteiger partial charge in [-0.15, -0.1) is 0 Å². The standard InChI is InChI=1S/C61H68BN3/c1-39-33-40(2)53-50(34-39)64(59(10)30-16-15-29-58(53,59)9)45-37-51-54-52(38-45)65-55-46(61(41-21-13-12-14-22-41)32-18-17-31-60(61,65)11)25-20-26-48(55)62(54)47-28-27-43(57(6,7)8)36-49(47)63(51)44-24-19-23-42(35-44)56(3,4)5/h12-14,19-28,33-38H,15-18,29-32H2,1-11H3. The minimum absolute atomic E-state index is 0.00193. The number of rotatable bonds is 3. The molecule has 330 valence electrons. The number of hydrogen-bond donors (Lipinski definition) is 0. The molecule has 2 aliphatic carbocycles. The van der Waals surface area contributed by atoms with Crippen LogP contribution in [0.25, 0.3) is 0 Å². The zero-order valence-corrected chi connectivity index (χ0v) is 41.0. The number of aryl methyl sites for hydroxylation is 2. The highest BCUT2D eigenvalue weighted by atomic mass is 15.3. The summed E-state index contributed by atoms with van der Waals surface area (Å²) in [7, 11) is 0. The molecule has 65 heavy (non-hydrogen) atoms. The highest BCUT2D eigenvalue weighted by Crippen LogP contribution is 2.66. The Labute approximate surface area is 390 Å². The van der Waals surface area contributed by atoms with Crippen LogP contribution in [0.4, 0.5) is 39.8 Å². The van der Waals surface area contributed by atoms with Crippen molar-refractivity contribution >= 4 is 62.9 Å². The van der Waals surface area contributed by atoms with E-state index in [1.54, 1.807) is 5.56 Å². The van der Waals surface area contributed by atoms with Gasteiger partial charge in [-0.3, -0.25) is 0 Å². The van der Waals surface area contributed by atoms with Gasteiger partial charge < -0.3 is 14.7 Å². The zero-order valence-electron chi connectivity index (χ0n) is 41.0. The topological polar surface area (TPSA) is 9.72 Å². The highest BCUT2D eigenvalue weighted by Gasteiger charge is 2.65. The van der Waals surface area contributed by atoms with Crippen molar-refractivity contribution in [3.05, 3.63) is 154 Å². The first-order valence-corrected chi connectivity index (χ1v) is 25.1. The fourth-order valence-corrected chi connectivity index (χ4v) is 15.0. The van der Waals surface area contributed by atoms with Gasteiger partial charge in [-0.25, -0.2) is 0 Å². The number of anilines is 7. The molecule has 4 unspecified atom stereocenters. The van der Waals surface area contributed by atoms with Crippen LogP contribution in [0.5, 0.6) is 0 Å². The van der Waals surface area contributed by atoms with Gasteiger partial charge in [-0.1, -0.05) is 153 Å². The van der Waals surface area contributed by atoms with Crippen molar-refractivity contribution in [2.24, 2.45) is 0 Å². The lowest BCUT2D eigenvalue weighted by Crippen LogP contribution is -2.65. The van der Waals surface area contributed by atoms with Crippen LogP contribution in [0.2, 0.25) is 0 Å². The molecule has 2 fully saturated rings. The first kappa shape index (κ1) is 41.2. The number of para-hydroxylation sites is 1. The summed E-state index contributed by atoms with van der Waals surface area (Å²) in [5.74, 6) is 0. The lowest BCUT2D eigenvalue weighted by molar-refractivity contribution is 0.194. The monoisotopic (exact) mass is 854 g/mol. The van der Waals surface area contributed by atoms with Gasteiger partial charge in [0, 0.05) is 50.6 Å². The summed E-state index contributed by atoms with van der Waals surface area (Å²) in [5, 5.41) is 0. The molecule has 4 aliphatic heterocycles. The normalized spacial score (nSPS) is 26.0. The molecule has 4 heteroatoms. The number of fused-ring (bicyclic) bond motifs is 10. The first-order valence-electron chi connectivity index (χ1n) is 25.1. The summed E-state index contributed by atoms with van der Waals surface area (Å²) in [6.07, 6.45) is 9.68. The Balaban J connectivity index is 1.23. The molecule has 0 spiro atoms. The third-order valence-electron chi connectivity index (χ3n) is 18.3. The smallest absolute Gasteiger partial charge is 0.252 e. The van der Waals surface area contributed by atoms with Crippen LogP contribution in [-0.4, -0.2) is 17.8 Å². The molecule has 0 amide bonds. The fraction of sp³-hybridized carbons (Fsp3) is 0.410. The van der Waals surface area contributed by atoms with E-state index < -0.39 is 0 Å². The molecule has 12 rings (SSSR count). The van der Waals surface area contributed by atoms with Crippen LogP contribution in [0.3, 0.4) is 0 Å². The van der Waals surface area contributed by atoms with Crippen molar-refractivity contribution in [2.45, 2.75) is 160 Å². The van der Waals surface area contributed by atoms with Crippen molar-refractivity contribution in [1.82, 2.24) is 0 Å². The summed E-state index contributed by atoms with van der Waals surface area (Å²) < 4.78 is 0. The van der Waals surface area contributed by atoms with Crippen LogP contribution in [0.1, 0.15) is 153 Å². The Morgan fingerprint density at radius 1 is 0.523 bits per heavy atom. The molecule has 3 nitrogen and oxygen atoms in total. The Morgan fingerprint density at radius 2 is 1.20 bits per heavy atom. The molecule has 6 aromatic rings. The maximum atomic E-state index is 2.95. The number of hydrogen-bond acceptors (Lipinski definition) is 3. The van der Waals surface area contributed by atoms with Crippen molar-refractivity contribution < 1.29 is 0 Å². The molecule has 4 atom stereocenters. The Bertz CT molecular complexity index is 2970. The highest BCUT2D eigenvalue weighted by molar-refractivity contribution is 7.00. The predicted molar refractivity (Wildman–Crippen MR) is 278 cm³/mol. The molecule has 6 aliphatic rings. The SMILES string of the molecule is Cc1cc(C)c2c(c1)N(c1cc3c4c(c1)N1c5c(cccc5C5(c6ccccc6)CCCCC15C)B4c1ccc(C(C)(C)C)cc1N3c1cccc(C(C)(C)C)c1)C1(C)CCCCC21C. The molecule has 2 saturated carbocycles. The van der Waals surface area contributed by atoms with E-state index in [1.165, 1.54) is 128 Å². The minimum atomic E-state index is -0.172. The summed E-state index contributed by atoms with van der Waals surface area (Å²) in [6, 6.07) is 46.5. The fourth-order valence-electron chi connectivity index (χ4n) is 15.0. The number of nitrogens with zero attached hydrogens (tertiary/aromatic N) is 3. The van der Waals surface area contributed by atoms with Gasteiger partial charge in [0.05, 0.1) is 11.1 Å². The minimum Gasteiger partial charge on any atom is -0.335 e. The molecule has 0 radical (unpaired) electrons. The molecule has 0 saturated heterocycles. The van der Waals surface area contributed by atoms with Crippen LogP contribution in [0, 0.1) is 13.8 Å². The molecular weight excluding hydrogens is 786 g/mol. The van der Waals surface area contributed by atoms with Gasteiger partial charge in [0.25, 0.3) is 6.71 Å².